The van der Waals surface area contributed by atoms with E-state index in [0.29, 0.717) is 13.0 Å². The van der Waals surface area contributed by atoms with Gasteiger partial charge in [0.05, 0.1) is 24.1 Å². The molecule has 0 unspecified atom stereocenters. The molecule has 0 bridgehead atoms. The van der Waals surface area contributed by atoms with Crippen molar-refractivity contribution < 1.29 is 13.9 Å². The van der Waals surface area contributed by atoms with E-state index in [1.807, 2.05) is 24.3 Å². The summed E-state index contributed by atoms with van der Waals surface area (Å²) >= 11 is 5.89. The maximum absolute atomic E-state index is 13.6. The SMILES string of the molecule is O=C(Cc1c(F)cccc1Cl)OCCCn1c(=O)[nH]c2ccccc21. The minimum atomic E-state index is -0.557. The monoisotopic (exact) mass is 362 g/mol. The number of nitrogens with zero attached hydrogens (tertiary/aromatic N) is 1. The molecule has 0 aliphatic rings. The molecule has 1 N–H and O–H groups in total. The predicted molar refractivity (Wildman–Crippen MR) is 93.2 cm³/mol. The number of benzene rings is 2. The van der Waals surface area contributed by atoms with Gasteiger partial charge in [-0.1, -0.05) is 29.8 Å². The zero-order chi connectivity index (χ0) is 17.8. The van der Waals surface area contributed by atoms with Gasteiger partial charge in [0.2, 0.25) is 0 Å². The van der Waals surface area contributed by atoms with Crippen molar-refractivity contribution in [3.8, 4) is 0 Å². The fourth-order valence-corrected chi connectivity index (χ4v) is 2.86. The van der Waals surface area contributed by atoms with Gasteiger partial charge in [0.25, 0.3) is 0 Å². The standard InChI is InChI=1S/C18H16ClFN2O3/c19-13-5-3-6-14(20)12(13)11-17(23)25-10-4-9-22-16-8-2-1-7-15(16)21-18(22)24/h1-3,5-8H,4,9-11H2,(H,21,24). The predicted octanol–water partition coefficient (Wildman–Crippen LogP) is 3.30. The number of rotatable bonds is 6. The Balaban J connectivity index is 1.54. The molecular formula is C18H16ClFN2O3. The van der Waals surface area contributed by atoms with Crippen molar-refractivity contribution in [2.24, 2.45) is 0 Å². The van der Waals surface area contributed by atoms with Crippen molar-refractivity contribution in [2.45, 2.75) is 19.4 Å². The number of carbonyl (C=O) groups is 1. The van der Waals surface area contributed by atoms with Crippen molar-refractivity contribution in [3.63, 3.8) is 0 Å². The van der Waals surface area contributed by atoms with Gasteiger partial charge in [-0.25, -0.2) is 9.18 Å². The van der Waals surface area contributed by atoms with Crippen LogP contribution in [0.4, 0.5) is 4.39 Å². The second-order valence-electron chi connectivity index (χ2n) is 5.55. The highest BCUT2D eigenvalue weighted by Crippen LogP contribution is 2.19. The zero-order valence-electron chi connectivity index (χ0n) is 13.3. The lowest BCUT2D eigenvalue weighted by atomic mass is 10.1. The van der Waals surface area contributed by atoms with Gasteiger partial charge in [-0.15, -0.1) is 0 Å². The Morgan fingerprint density at radius 1 is 1.20 bits per heavy atom. The lowest BCUT2D eigenvalue weighted by molar-refractivity contribution is -0.143. The number of aromatic amines is 1. The lowest BCUT2D eigenvalue weighted by Gasteiger charge is -2.07. The first kappa shape index (κ1) is 17.2. The number of ether oxygens (including phenoxy) is 1. The van der Waals surface area contributed by atoms with E-state index < -0.39 is 11.8 Å². The Morgan fingerprint density at radius 3 is 2.80 bits per heavy atom. The van der Waals surface area contributed by atoms with E-state index in [2.05, 4.69) is 4.98 Å². The molecule has 5 nitrogen and oxygen atoms in total. The number of imidazole rings is 1. The second-order valence-corrected chi connectivity index (χ2v) is 5.96. The molecule has 7 heteroatoms. The van der Waals surface area contributed by atoms with Crippen LogP contribution in [0, 0.1) is 5.82 Å². The Kier molecular flexibility index (Phi) is 5.19. The Morgan fingerprint density at radius 2 is 2.00 bits per heavy atom. The number of aromatic nitrogens is 2. The molecule has 130 valence electrons. The third-order valence-electron chi connectivity index (χ3n) is 3.85. The van der Waals surface area contributed by atoms with Crippen LogP contribution in [-0.4, -0.2) is 22.1 Å². The van der Waals surface area contributed by atoms with E-state index in [9.17, 15) is 14.0 Å². The van der Waals surface area contributed by atoms with Crippen molar-refractivity contribution >= 4 is 28.6 Å². The van der Waals surface area contributed by atoms with Gasteiger partial charge in [-0.3, -0.25) is 9.36 Å². The highest BCUT2D eigenvalue weighted by Gasteiger charge is 2.13. The van der Waals surface area contributed by atoms with E-state index in [1.54, 1.807) is 4.57 Å². The smallest absolute Gasteiger partial charge is 0.326 e. The third-order valence-corrected chi connectivity index (χ3v) is 4.21. The summed E-state index contributed by atoms with van der Waals surface area (Å²) in [7, 11) is 0. The zero-order valence-corrected chi connectivity index (χ0v) is 14.1. The van der Waals surface area contributed by atoms with Crippen LogP contribution >= 0.6 is 11.6 Å². The molecule has 3 rings (SSSR count). The largest absolute Gasteiger partial charge is 0.465 e. The summed E-state index contributed by atoms with van der Waals surface area (Å²) in [6.07, 6.45) is 0.247. The minimum Gasteiger partial charge on any atom is -0.465 e. The highest BCUT2D eigenvalue weighted by atomic mass is 35.5. The first-order valence-electron chi connectivity index (χ1n) is 7.82. The third kappa shape index (κ3) is 3.91. The van der Waals surface area contributed by atoms with Crippen LogP contribution in [0.2, 0.25) is 5.02 Å². The summed E-state index contributed by atoms with van der Waals surface area (Å²) in [6.45, 7) is 0.549. The average molecular weight is 363 g/mol. The normalized spacial score (nSPS) is 11.0. The van der Waals surface area contributed by atoms with Crippen LogP contribution in [0.15, 0.2) is 47.3 Å². The molecule has 0 atom stereocenters. The van der Waals surface area contributed by atoms with Gasteiger partial charge in [-0.2, -0.15) is 0 Å². The number of H-pyrrole nitrogens is 1. The fourth-order valence-electron chi connectivity index (χ4n) is 2.63. The van der Waals surface area contributed by atoms with E-state index in [-0.39, 0.29) is 29.3 Å². The van der Waals surface area contributed by atoms with Gasteiger partial charge in [0.15, 0.2) is 0 Å². The summed E-state index contributed by atoms with van der Waals surface area (Å²) < 4.78 is 20.4. The Labute approximate surface area is 148 Å². The van der Waals surface area contributed by atoms with Gasteiger partial charge in [0, 0.05) is 17.1 Å². The van der Waals surface area contributed by atoms with E-state index in [1.165, 1.54) is 18.2 Å². The molecule has 0 aliphatic carbocycles. The number of carbonyl (C=O) groups excluding carboxylic acids is 1. The minimum absolute atomic E-state index is 0.127. The molecule has 2 aromatic carbocycles. The Hall–Kier alpha value is -2.60. The molecule has 0 saturated carbocycles. The summed E-state index contributed by atoms with van der Waals surface area (Å²) in [4.78, 5) is 26.5. The maximum atomic E-state index is 13.6. The quantitative estimate of drug-likeness (QED) is 0.540. The van der Waals surface area contributed by atoms with Crippen LogP contribution < -0.4 is 5.69 Å². The van der Waals surface area contributed by atoms with Crippen LogP contribution in [-0.2, 0) is 22.5 Å². The maximum Gasteiger partial charge on any atom is 0.326 e. The summed E-state index contributed by atoms with van der Waals surface area (Å²) in [5.41, 5.74) is 1.49. The van der Waals surface area contributed by atoms with Crippen molar-refractivity contribution in [1.29, 1.82) is 0 Å². The van der Waals surface area contributed by atoms with Crippen LogP contribution in [0.1, 0.15) is 12.0 Å². The van der Waals surface area contributed by atoms with Gasteiger partial charge >= 0.3 is 11.7 Å². The number of fused-ring (bicyclic) bond motifs is 1. The van der Waals surface area contributed by atoms with E-state index in [4.69, 9.17) is 16.3 Å². The molecule has 0 aliphatic heterocycles. The number of esters is 1. The fraction of sp³-hybridized carbons (Fsp3) is 0.222. The molecule has 0 saturated heterocycles. The number of aryl methyl sites for hydroxylation is 1. The molecule has 1 aromatic heterocycles. The van der Waals surface area contributed by atoms with Gasteiger partial charge in [-0.05, 0) is 30.7 Å². The summed E-state index contributed by atoms with van der Waals surface area (Å²) in [5.74, 6) is -1.09. The van der Waals surface area contributed by atoms with Crippen LogP contribution in [0.3, 0.4) is 0 Å². The van der Waals surface area contributed by atoms with Crippen LogP contribution in [0.25, 0.3) is 11.0 Å². The first-order valence-corrected chi connectivity index (χ1v) is 8.20. The number of halogens is 2. The highest BCUT2D eigenvalue weighted by molar-refractivity contribution is 6.31. The van der Waals surface area contributed by atoms with Crippen molar-refractivity contribution in [3.05, 3.63) is 69.4 Å². The first-order chi connectivity index (χ1) is 12.1. The van der Waals surface area contributed by atoms with Gasteiger partial charge < -0.3 is 9.72 Å². The average Bonchev–Trinajstić information content (AvgIpc) is 2.90. The van der Waals surface area contributed by atoms with Gasteiger partial charge in [0.1, 0.15) is 5.82 Å². The van der Waals surface area contributed by atoms with E-state index >= 15 is 0 Å². The molecule has 3 aromatic rings. The number of nitrogens with one attached hydrogen (secondary N) is 1. The van der Waals surface area contributed by atoms with Crippen molar-refractivity contribution in [1.82, 2.24) is 9.55 Å². The number of hydrogen-bond acceptors (Lipinski definition) is 3. The number of para-hydroxylation sites is 2. The molecule has 0 radical (unpaired) electrons. The van der Waals surface area contributed by atoms with Crippen molar-refractivity contribution in [2.75, 3.05) is 6.61 Å². The Bertz CT molecular complexity index is 944. The lowest BCUT2D eigenvalue weighted by Crippen LogP contribution is -2.18. The van der Waals surface area contributed by atoms with Crippen LogP contribution in [0.5, 0.6) is 0 Å². The summed E-state index contributed by atoms with van der Waals surface area (Å²) in [6, 6.07) is 11.6. The molecular weight excluding hydrogens is 347 g/mol. The second kappa shape index (κ2) is 7.53. The molecule has 0 amide bonds. The molecule has 25 heavy (non-hydrogen) atoms. The summed E-state index contributed by atoms with van der Waals surface area (Å²) in [5, 5.41) is 0.197. The molecule has 1 heterocycles. The topological polar surface area (TPSA) is 64.1 Å². The van der Waals surface area contributed by atoms with E-state index in [0.717, 1.165) is 11.0 Å². The molecule has 0 fully saturated rings. The number of hydrogen-bond donors (Lipinski definition) is 1. The molecule has 0 spiro atoms.